The molecule has 0 aliphatic carbocycles. The van der Waals surface area contributed by atoms with Gasteiger partial charge in [-0.15, -0.1) is 0 Å². The molecule has 0 heterocycles. The largest absolute Gasteiger partial charge is 0.494 e. The standard InChI is InChI=1S/C21H28O3/c1-4-17(3)18-10-12-19(13-11-18)23-14-7-15-24-21-9-6-8-20(16-21)22-5-2/h6,8-13,16-17H,4-5,7,14-15H2,1-3H3/t17-/m1/s1. The highest BCUT2D eigenvalue weighted by Gasteiger charge is 2.03. The second kappa shape index (κ2) is 9.86. The van der Waals surface area contributed by atoms with Gasteiger partial charge in [0.2, 0.25) is 0 Å². The summed E-state index contributed by atoms with van der Waals surface area (Å²) in [5.74, 6) is 3.19. The number of hydrogen-bond acceptors (Lipinski definition) is 3. The molecule has 0 saturated heterocycles. The number of hydrogen-bond donors (Lipinski definition) is 0. The zero-order valence-electron chi connectivity index (χ0n) is 15.0. The Morgan fingerprint density at radius 1 is 0.792 bits per heavy atom. The van der Waals surface area contributed by atoms with E-state index in [0.29, 0.717) is 25.7 Å². The summed E-state index contributed by atoms with van der Waals surface area (Å²) >= 11 is 0. The summed E-state index contributed by atoms with van der Waals surface area (Å²) in [4.78, 5) is 0. The van der Waals surface area contributed by atoms with Crippen molar-refractivity contribution in [1.82, 2.24) is 0 Å². The zero-order valence-corrected chi connectivity index (χ0v) is 15.0. The van der Waals surface area contributed by atoms with Gasteiger partial charge in [-0.1, -0.05) is 32.0 Å². The molecule has 0 aliphatic rings. The van der Waals surface area contributed by atoms with E-state index in [1.807, 2.05) is 43.3 Å². The fraction of sp³-hybridized carbons (Fsp3) is 0.429. The monoisotopic (exact) mass is 328 g/mol. The van der Waals surface area contributed by atoms with Crippen LogP contribution < -0.4 is 14.2 Å². The molecule has 0 fully saturated rings. The molecule has 0 N–H and O–H groups in total. The van der Waals surface area contributed by atoms with E-state index in [1.54, 1.807) is 0 Å². The lowest BCUT2D eigenvalue weighted by molar-refractivity contribution is 0.246. The van der Waals surface area contributed by atoms with Crippen LogP contribution in [0, 0.1) is 0 Å². The molecule has 2 rings (SSSR count). The van der Waals surface area contributed by atoms with Crippen LogP contribution in [-0.2, 0) is 0 Å². The summed E-state index contributed by atoms with van der Waals surface area (Å²) in [6.45, 7) is 8.36. The van der Waals surface area contributed by atoms with Crippen molar-refractivity contribution in [2.45, 2.75) is 39.5 Å². The first-order valence-corrected chi connectivity index (χ1v) is 8.81. The SMILES string of the molecule is CCOc1cccc(OCCCOc2ccc([C@H](C)CC)cc2)c1. The maximum Gasteiger partial charge on any atom is 0.122 e. The lowest BCUT2D eigenvalue weighted by Crippen LogP contribution is -2.05. The van der Waals surface area contributed by atoms with E-state index in [0.717, 1.165) is 30.1 Å². The molecule has 130 valence electrons. The molecule has 0 saturated carbocycles. The van der Waals surface area contributed by atoms with Crippen molar-refractivity contribution in [1.29, 1.82) is 0 Å². The Morgan fingerprint density at radius 3 is 2.04 bits per heavy atom. The molecule has 3 heteroatoms. The van der Waals surface area contributed by atoms with E-state index in [9.17, 15) is 0 Å². The molecule has 0 radical (unpaired) electrons. The summed E-state index contributed by atoms with van der Waals surface area (Å²) in [6, 6.07) is 16.1. The summed E-state index contributed by atoms with van der Waals surface area (Å²) in [6.07, 6.45) is 1.99. The molecule has 2 aromatic rings. The second-order valence-electron chi connectivity index (χ2n) is 5.84. The van der Waals surface area contributed by atoms with Gasteiger partial charge in [0.15, 0.2) is 0 Å². The van der Waals surface area contributed by atoms with Crippen LogP contribution in [0.5, 0.6) is 17.2 Å². The van der Waals surface area contributed by atoms with Crippen LogP contribution in [0.1, 0.15) is 45.1 Å². The minimum Gasteiger partial charge on any atom is -0.494 e. The Morgan fingerprint density at radius 2 is 1.42 bits per heavy atom. The number of rotatable bonds is 10. The molecule has 0 aromatic heterocycles. The first kappa shape index (κ1) is 18.2. The van der Waals surface area contributed by atoms with Crippen LogP contribution in [0.2, 0.25) is 0 Å². The Kier molecular flexibility index (Phi) is 7.47. The predicted octanol–water partition coefficient (Wildman–Crippen LogP) is 5.45. The van der Waals surface area contributed by atoms with E-state index in [2.05, 4.69) is 26.0 Å². The minimum atomic E-state index is 0.597. The van der Waals surface area contributed by atoms with Crippen LogP contribution in [-0.4, -0.2) is 19.8 Å². The van der Waals surface area contributed by atoms with Crippen LogP contribution in [0.15, 0.2) is 48.5 Å². The molecule has 0 spiro atoms. The normalized spacial score (nSPS) is 11.8. The van der Waals surface area contributed by atoms with E-state index >= 15 is 0 Å². The highest BCUT2D eigenvalue weighted by Crippen LogP contribution is 2.22. The molecule has 0 aliphatic heterocycles. The van der Waals surface area contributed by atoms with Gasteiger partial charge in [0.1, 0.15) is 17.2 Å². The summed E-state index contributed by atoms with van der Waals surface area (Å²) < 4.78 is 17.0. The average Bonchev–Trinajstić information content (AvgIpc) is 2.62. The third-order valence-electron chi connectivity index (χ3n) is 4.00. The Labute approximate surface area is 145 Å². The summed E-state index contributed by atoms with van der Waals surface area (Å²) in [7, 11) is 0. The fourth-order valence-corrected chi connectivity index (χ4v) is 2.39. The van der Waals surface area contributed by atoms with Gasteiger partial charge >= 0.3 is 0 Å². The molecular formula is C21H28O3. The number of ether oxygens (including phenoxy) is 3. The van der Waals surface area contributed by atoms with Crippen LogP contribution >= 0.6 is 0 Å². The molecule has 24 heavy (non-hydrogen) atoms. The first-order chi connectivity index (χ1) is 11.7. The average molecular weight is 328 g/mol. The van der Waals surface area contributed by atoms with Crippen LogP contribution in [0.25, 0.3) is 0 Å². The Hall–Kier alpha value is -2.16. The van der Waals surface area contributed by atoms with E-state index < -0.39 is 0 Å². The predicted molar refractivity (Wildman–Crippen MR) is 98.4 cm³/mol. The van der Waals surface area contributed by atoms with Crippen molar-refractivity contribution >= 4 is 0 Å². The smallest absolute Gasteiger partial charge is 0.122 e. The van der Waals surface area contributed by atoms with Crippen molar-refractivity contribution in [3.05, 3.63) is 54.1 Å². The highest BCUT2D eigenvalue weighted by molar-refractivity contribution is 5.33. The van der Waals surface area contributed by atoms with Crippen LogP contribution in [0.3, 0.4) is 0 Å². The molecule has 1 atom stereocenters. The van der Waals surface area contributed by atoms with Gasteiger partial charge in [0, 0.05) is 12.5 Å². The van der Waals surface area contributed by atoms with Crippen molar-refractivity contribution in [3.8, 4) is 17.2 Å². The van der Waals surface area contributed by atoms with Gasteiger partial charge in [-0.25, -0.2) is 0 Å². The Bertz CT molecular complexity index is 592. The van der Waals surface area contributed by atoms with Crippen molar-refractivity contribution in [2.24, 2.45) is 0 Å². The van der Waals surface area contributed by atoms with Crippen molar-refractivity contribution in [2.75, 3.05) is 19.8 Å². The van der Waals surface area contributed by atoms with Gasteiger partial charge < -0.3 is 14.2 Å². The third kappa shape index (κ3) is 5.80. The highest BCUT2D eigenvalue weighted by atomic mass is 16.5. The van der Waals surface area contributed by atoms with Crippen LogP contribution in [0.4, 0.5) is 0 Å². The van der Waals surface area contributed by atoms with E-state index in [-0.39, 0.29) is 0 Å². The quantitative estimate of drug-likeness (QED) is 0.543. The van der Waals surface area contributed by atoms with E-state index in [1.165, 1.54) is 5.56 Å². The zero-order chi connectivity index (χ0) is 17.2. The van der Waals surface area contributed by atoms with Gasteiger partial charge in [-0.05, 0) is 49.1 Å². The third-order valence-corrected chi connectivity index (χ3v) is 4.00. The van der Waals surface area contributed by atoms with Gasteiger partial charge in [-0.2, -0.15) is 0 Å². The van der Waals surface area contributed by atoms with E-state index in [4.69, 9.17) is 14.2 Å². The van der Waals surface area contributed by atoms with Gasteiger partial charge in [-0.3, -0.25) is 0 Å². The summed E-state index contributed by atoms with van der Waals surface area (Å²) in [5, 5.41) is 0. The summed E-state index contributed by atoms with van der Waals surface area (Å²) in [5.41, 5.74) is 1.36. The maximum absolute atomic E-state index is 5.77. The van der Waals surface area contributed by atoms with Crippen molar-refractivity contribution in [3.63, 3.8) is 0 Å². The Balaban J connectivity index is 1.68. The molecule has 0 bridgehead atoms. The second-order valence-corrected chi connectivity index (χ2v) is 5.84. The lowest BCUT2D eigenvalue weighted by atomic mass is 9.99. The fourth-order valence-electron chi connectivity index (χ4n) is 2.39. The topological polar surface area (TPSA) is 27.7 Å². The maximum atomic E-state index is 5.77. The molecule has 0 amide bonds. The number of benzene rings is 2. The first-order valence-electron chi connectivity index (χ1n) is 8.81. The molecular weight excluding hydrogens is 300 g/mol. The molecule has 3 nitrogen and oxygen atoms in total. The minimum absolute atomic E-state index is 0.597. The van der Waals surface area contributed by atoms with Crippen molar-refractivity contribution < 1.29 is 14.2 Å². The van der Waals surface area contributed by atoms with Gasteiger partial charge in [0.25, 0.3) is 0 Å². The van der Waals surface area contributed by atoms with Gasteiger partial charge in [0.05, 0.1) is 19.8 Å². The molecule has 2 aromatic carbocycles. The lowest BCUT2D eigenvalue weighted by Gasteiger charge is -2.11. The molecule has 0 unspecified atom stereocenters.